The van der Waals surface area contributed by atoms with Crippen LogP contribution in [0.1, 0.15) is 121 Å². The lowest BCUT2D eigenvalue weighted by Gasteiger charge is -2.29. The fraction of sp³-hybridized carbons (Fsp3) is 0.383. The number of fused-ring (bicyclic) bond motifs is 10. The van der Waals surface area contributed by atoms with Gasteiger partial charge in [0.2, 0.25) is 70.7 Å². The number of aliphatic hydroxyl groups excluding tert-OH is 2. The van der Waals surface area contributed by atoms with Crippen LogP contribution in [0.2, 0.25) is 0 Å². The van der Waals surface area contributed by atoms with E-state index >= 15 is 14.4 Å². The fourth-order valence-electron chi connectivity index (χ4n) is 16.6. The van der Waals surface area contributed by atoms with E-state index in [0.29, 0.717) is 47.0 Å². The number of para-hydroxylation sites is 1. The van der Waals surface area contributed by atoms with Gasteiger partial charge in [-0.2, -0.15) is 29.8 Å². The maximum Gasteiger partial charge on any atom is 0.245 e. The second-order valence-corrected chi connectivity index (χ2v) is 33.8. The Bertz CT molecular complexity index is 5420. The molecule has 11 rings (SSSR count). The number of aromatic nitrogens is 1. The Hall–Kier alpha value is -12.2. The Morgan fingerprint density at radius 2 is 1.06 bits per heavy atom. The summed E-state index contributed by atoms with van der Waals surface area (Å²) in [5, 5.41) is 66.5. The van der Waals surface area contributed by atoms with Crippen LogP contribution >= 0.6 is 25.3 Å². The van der Waals surface area contributed by atoms with E-state index in [-0.39, 0.29) is 94.8 Å². The maximum absolute atomic E-state index is 15.3. The Morgan fingerprint density at radius 1 is 0.536 bits per heavy atom. The molecule has 660 valence electrons. The third-order valence-corrected chi connectivity index (χ3v) is 24.0. The number of H-pyrrole nitrogens is 1. The molecule has 3 aliphatic rings. The molecule has 0 bridgehead atoms. The Morgan fingerprint density at radius 3 is 1.69 bits per heavy atom. The molecule has 0 saturated carbocycles. The number of primary amides is 1. The van der Waals surface area contributed by atoms with Gasteiger partial charge in [-0.3, -0.25) is 52.7 Å². The Labute approximate surface area is 737 Å². The van der Waals surface area contributed by atoms with Gasteiger partial charge in [-0.25, -0.2) is 0 Å². The summed E-state index contributed by atoms with van der Waals surface area (Å²) < 4.78 is 2.13. The number of thiol groups is 2. The van der Waals surface area contributed by atoms with Crippen molar-refractivity contribution in [3.8, 4) is 5.75 Å². The van der Waals surface area contributed by atoms with Crippen molar-refractivity contribution in [2.75, 3.05) is 42.6 Å². The number of hydrogen-bond donors (Lipinski definition) is 17. The van der Waals surface area contributed by atoms with Gasteiger partial charge in [0, 0.05) is 102 Å². The van der Waals surface area contributed by atoms with Crippen LogP contribution in [0.3, 0.4) is 0 Å². The second kappa shape index (κ2) is 43.0. The molecule has 0 saturated heterocycles. The molecule has 1 aromatic heterocycles. The summed E-state index contributed by atoms with van der Waals surface area (Å²) >= 11 is 8.84. The van der Waals surface area contributed by atoms with Crippen molar-refractivity contribution in [1.82, 2.24) is 58.2 Å². The van der Waals surface area contributed by atoms with Gasteiger partial charge in [0.25, 0.3) is 0 Å². The number of nitrogens with one attached hydrogen (secondary N) is 11. The number of aliphatic hydroxyl groups is 2. The van der Waals surface area contributed by atoms with Gasteiger partial charge in [-0.1, -0.05) is 159 Å². The van der Waals surface area contributed by atoms with Crippen LogP contribution in [-0.2, 0) is 82.8 Å². The number of allylic oxidation sites excluding steroid dienone is 6. The number of amides is 11. The van der Waals surface area contributed by atoms with Crippen LogP contribution in [0.15, 0.2) is 194 Å². The highest BCUT2D eigenvalue weighted by molar-refractivity contribution is 7.80. The van der Waals surface area contributed by atoms with Crippen molar-refractivity contribution in [1.29, 1.82) is 0 Å². The Balaban J connectivity index is 0.924. The van der Waals surface area contributed by atoms with Gasteiger partial charge in [0.05, 0.1) is 24.0 Å². The molecule has 3 aliphatic heterocycles. The average Bonchev–Trinajstić information content (AvgIpc) is 1.58. The number of hydrogen-bond acceptors (Lipinski definition) is 18. The minimum absolute atomic E-state index is 0.00122. The third-order valence-electron chi connectivity index (χ3n) is 23.3. The topological polar surface area (TPSA) is 446 Å². The van der Waals surface area contributed by atoms with Crippen molar-refractivity contribution in [3.63, 3.8) is 0 Å². The first-order valence-corrected chi connectivity index (χ1v) is 43.6. The molecule has 0 fully saturated rings. The number of anilines is 1. The number of nitrogens with zero attached hydrogens (tertiary/aromatic N) is 2. The van der Waals surface area contributed by atoms with E-state index in [1.165, 1.54) is 38.1 Å². The average molecular weight is 1740 g/mol. The third kappa shape index (κ3) is 23.3. The molecule has 125 heavy (non-hydrogen) atoms. The van der Waals surface area contributed by atoms with Gasteiger partial charge in [-0.05, 0) is 141 Å². The number of carbonyl (C=O) groups is 11. The fourth-order valence-corrected chi connectivity index (χ4v) is 17.1. The number of carbonyl (C=O) groups excluding carboxylic acids is 11. The summed E-state index contributed by atoms with van der Waals surface area (Å²) in [7, 11) is 0. The van der Waals surface area contributed by atoms with E-state index < -0.39 is 142 Å². The first kappa shape index (κ1) is 93.5. The first-order valence-electron chi connectivity index (χ1n) is 42.3. The lowest BCUT2D eigenvalue weighted by Crippen LogP contribution is -2.63. The summed E-state index contributed by atoms with van der Waals surface area (Å²) in [6.07, 6.45) is 8.93. The second-order valence-electron chi connectivity index (χ2n) is 33.0. The van der Waals surface area contributed by atoms with Crippen molar-refractivity contribution in [2.45, 2.75) is 190 Å². The van der Waals surface area contributed by atoms with E-state index in [2.05, 4.69) is 175 Å². The zero-order valence-electron chi connectivity index (χ0n) is 71.0. The lowest BCUT2D eigenvalue weighted by molar-refractivity contribution is -0.436. The number of benzene rings is 7. The number of nitrogens with two attached hydrogens (primary N) is 2. The minimum atomic E-state index is -1.84. The predicted octanol–water partition coefficient (Wildman–Crippen LogP) is 5.13. The highest BCUT2D eigenvalue weighted by atomic mass is 32.1. The molecule has 0 spiro atoms. The molecule has 29 nitrogen and oxygen atoms in total. The maximum atomic E-state index is 15.3. The molecule has 0 aliphatic carbocycles. The summed E-state index contributed by atoms with van der Waals surface area (Å²) in [4.78, 5) is 165. The molecule has 31 heteroatoms. The molecule has 0 radical (unpaired) electrons. The normalized spacial score (nSPS) is 23.8. The SMILES string of the molecule is C[C@@H](O)[C@@H]1NC(=O)[C@H](CS)NC(=O)[C@H]([C@@H](C)O)NC(=O)[C@H](CCCCN)NC(=O)[C@@H](Cc2c[nH]c3ccccc23)NC(=O)[C@H](Cc2ccc([O-])cc2)NC(=O)[C@H](CS)NC(=O)[C@@H](Cc2ccccc2)NC(=O)CC[N+]2=C(/C=C/C=C/C=C3/N(CCC(=O)NCCCC[C@@H](C(N)=O)NC1=O)c1ccc4ccccc4c1C3(C)C)C(C)(C)c1c2ccc2ccccc12. The molecule has 11 amide bonds. The van der Waals surface area contributed by atoms with E-state index in [1.54, 1.807) is 54.7 Å². The van der Waals surface area contributed by atoms with Crippen LogP contribution < -0.4 is 74.6 Å². The smallest absolute Gasteiger partial charge is 0.245 e. The zero-order valence-corrected chi connectivity index (χ0v) is 72.8. The lowest BCUT2D eigenvalue weighted by atomic mass is 9.79. The molecule has 17 N–H and O–H groups in total. The van der Waals surface area contributed by atoms with Gasteiger partial charge >= 0.3 is 0 Å². The van der Waals surface area contributed by atoms with E-state index in [1.807, 2.05) is 54.6 Å². The number of aromatic amines is 1. The van der Waals surface area contributed by atoms with Crippen molar-refractivity contribution >= 4 is 140 Å². The molecule has 8 aromatic rings. The van der Waals surface area contributed by atoms with Gasteiger partial charge in [0.15, 0.2) is 12.3 Å². The summed E-state index contributed by atoms with van der Waals surface area (Å²) in [6, 6.07) is 32.4. The van der Waals surface area contributed by atoms with Gasteiger partial charge in [0.1, 0.15) is 54.4 Å². The van der Waals surface area contributed by atoms with Gasteiger partial charge in [-0.15, -0.1) is 5.75 Å². The van der Waals surface area contributed by atoms with Crippen molar-refractivity contribution in [3.05, 3.63) is 222 Å². The quantitative estimate of drug-likeness (QED) is 0.0359. The monoisotopic (exact) mass is 1740 g/mol. The largest absolute Gasteiger partial charge is 0.872 e. The van der Waals surface area contributed by atoms with Crippen LogP contribution in [0, 0.1) is 0 Å². The highest BCUT2D eigenvalue weighted by Crippen LogP contribution is 2.51. The van der Waals surface area contributed by atoms with Crippen LogP contribution in [0.5, 0.6) is 5.75 Å². The molecule has 0 unspecified atom stereocenters. The standard InChI is InChI=1S/C94H113N15O14S2/c1-55(110)82-91(122)100-67(84(96)115)31-20-22-46-97-78(113)43-47-108-74-41-37-59-25-13-15-28-64(59)80(74)93(3,4)76(108)33-11-8-12-34-77-94(5,6)81-65-29-16-14-26-60(65)38-42-75(81)109(77)48-44-79(114)99-69(49-57-23-9-7-10-24-57)86(117)104-72(53-124)89(120)102-70(50-58-35-39-62(112)40-36-58)87(118)103-71(51-61-52-98-66-30-18-17-27-63(61)66)88(119)101-68(32-19-21-45-95)85(116)106-83(56(2)111)92(123)105-73(54-125)90(121)107-82/h7-18,23-30,33-42,52,55-56,67-73,82-83,98,110-111H,19-22,31-32,43-51,53-54,95H2,1-6H3,(H14-,96,97,99,100,101,102,103,104,105,106,107,112,113,114,115,116,117,118,119,120,121,122,123,124,125)/t55-,56-,67+,68+,69-,70+,71-,72+,73+,82+,83+/m1/s1. The summed E-state index contributed by atoms with van der Waals surface area (Å²) in [5.74, 6) is -10.4. The summed E-state index contributed by atoms with van der Waals surface area (Å²) in [6.45, 7) is 11.8. The van der Waals surface area contributed by atoms with Crippen LogP contribution in [0.4, 0.5) is 11.4 Å². The van der Waals surface area contributed by atoms with E-state index in [9.17, 15) is 53.7 Å². The molecular weight excluding hydrogens is 1630 g/mol. The van der Waals surface area contributed by atoms with E-state index in [4.69, 9.17) is 11.5 Å². The van der Waals surface area contributed by atoms with Crippen molar-refractivity contribution < 1.29 is 72.6 Å². The first-order chi connectivity index (χ1) is 59.9. The highest BCUT2D eigenvalue weighted by Gasteiger charge is 2.47. The van der Waals surface area contributed by atoms with Crippen LogP contribution in [0.25, 0.3) is 32.4 Å². The van der Waals surface area contributed by atoms with Crippen LogP contribution in [-0.4, -0.2) is 195 Å². The summed E-state index contributed by atoms with van der Waals surface area (Å²) in [5.41, 5.74) is 18.7. The molecule has 7 aromatic carbocycles. The van der Waals surface area contributed by atoms with Crippen molar-refractivity contribution in [2.24, 2.45) is 11.5 Å². The predicted molar refractivity (Wildman–Crippen MR) is 486 cm³/mol. The molecule has 4 heterocycles. The minimum Gasteiger partial charge on any atom is -0.872 e. The number of unbranched alkanes of at least 4 members (excludes halogenated alkanes) is 1. The van der Waals surface area contributed by atoms with E-state index in [0.717, 1.165) is 55.5 Å². The number of rotatable bonds is 15. The zero-order chi connectivity index (χ0) is 89.8. The Kier molecular flexibility index (Phi) is 32.1. The van der Waals surface area contributed by atoms with Gasteiger partial charge < -0.3 is 89.8 Å². The molecular formula is C94H113N15O14S2. The molecule has 11 atom stereocenters.